The molecule has 0 saturated heterocycles. The van der Waals surface area contributed by atoms with Gasteiger partial charge >= 0.3 is 0 Å². The van der Waals surface area contributed by atoms with E-state index in [1.54, 1.807) is 48.5 Å². The van der Waals surface area contributed by atoms with E-state index in [1.807, 2.05) is 0 Å². The summed E-state index contributed by atoms with van der Waals surface area (Å²) in [5, 5.41) is 13.5. The summed E-state index contributed by atoms with van der Waals surface area (Å²) in [6, 6.07) is 16.1. The second-order valence-electron chi connectivity index (χ2n) is 7.56. The number of aromatic nitrogens is 2. The molecule has 0 fully saturated rings. The molecule has 0 unspecified atom stereocenters. The topological polar surface area (TPSA) is 113 Å². The molecule has 1 aromatic heterocycles. The fraction of sp³-hybridized carbons (Fsp3) is 0.125. The predicted octanol–water partition coefficient (Wildman–Crippen LogP) is 5.33. The number of nitrogens with one attached hydrogen (secondary N) is 3. The van der Waals surface area contributed by atoms with Crippen LogP contribution >= 0.6 is 23.2 Å². The minimum absolute atomic E-state index is 0.0628. The first kappa shape index (κ1) is 23.7. The number of fused-ring (bicyclic) bond motifs is 1. The number of halogens is 3. The lowest BCUT2D eigenvalue weighted by Gasteiger charge is -2.18. The van der Waals surface area contributed by atoms with E-state index in [4.69, 9.17) is 28.9 Å². The zero-order chi connectivity index (χ0) is 24.2. The Kier molecular flexibility index (Phi) is 7.12. The molecule has 5 N–H and O–H groups in total. The highest BCUT2D eigenvalue weighted by atomic mass is 35.5. The number of aromatic amines is 1. The molecule has 0 aliphatic rings. The Morgan fingerprint density at radius 2 is 1.85 bits per heavy atom. The molecular formula is C24H20Cl2FN5O2. The fourth-order valence-corrected chi connectivity index (χ4v) is 3.98. The van der Waals surface area contributed by atoms with Crippen LogP contribution in [0.2, 0.25) is 10.0 Å². The largest absolute Gasteiger partial charge is 0.330 e. The summed E-state index contributed by atoms with van der Waals surface area (Å²) in [6.07, 6.45) is 0.234. The fourth-order valence-electron chi connectivity index (χ4n) is 3.61. The van der Waals surface area contributed by atoms with Gasteiger partial charge in [-0.15, -0.1) is 0 Å². The van der Waals surface area contributed by atoms with E-state index in [0.717, 1.165) is 0 Å². The summed E-state index contributed by atoms with van der Waals surface area (Å²) in [7, 11) is 0. The van der Waals surface area contributed by atoms with Gasteiger partial charge in [-0.2, -0.15) is 5.10 Å². The Labute approximate surface area is 204 Å². The molecule has 0 radical (unpaired) electrons. The van der Waals surface area contributed by atoms with Crippen molar-refractivity contribution in [1.82, 2.24) is 10.2 Å². The van der Waals surface area contributed by atoms with E-state index in [2.05, 4.69) is 20.8 Å². The van der Waals surface area contributed by atoms with E-state index in [9.17, 15) is 14.0 Å². The molecule has 1 atom stereocenters. The van der Waals surface area contributed by atoms with Crippen LogP contribution in [0.15, 0.2) is 60.7 Å². The molecule has 10 heteroatoms. The molecular weight excluding hydrogens is 480 g/mol. The van der Waals surface area contributed by atoms with E-state index >= 15 is 0 Å². The van der Waals surface area contributed by atoms with Crippen LogP contribution < -0.4 is 16.4 Å². The van der Waals surface area contributed by atoms with Crippen LogP contribution in [-0.4, -0.2) is 28.6 Å². The molecule has 1 heterocycles. The monoisotopic (exact) mass is 499 g/mol. The van der Waals surface area contributed by atoms with Crippen LogP contribution in [-0.2, 0) is 4.79 Å². The second kappa shape index (κ2) is 10.2. The zero-order valence-corrected chi connectivity index (χ0v) is 19.3. The van der Waals surface area contributed by atoms with Crippen LogP contribution in [0.3, 0.4) is 0 Å². The molecule has 4 rings (SSSR count). The lowest BCUT2D eigenvalue weighted by atomic mass is 9.94. The van der Waals surface area contributed by atoms with Gasteiger partial charge in [0.1, 0.15) is 5.82 Å². The average molecular weight is 500 g/mol. The van der Waals surface area contributed by atoms with Crippen molar-refractivity contribution in [1.29, 1.82) is 0 Å². The van der Waals surface area contributed by atoms with Gasteiger partial charge in [0.25, 0.3) is 5.91 Å². The van der Waals surface area contributed by atoms with Gasteiger partial charge in [0.2, 0.25) is 5.91 Å². The van der Waals surface area contributed by atoms with Gasteiger partial charge in [-0.3, -0.25) is 14.7 Å². The van der Waals surface area contributed by atoms with Gasteiger partial charge in [0.05, 0.1) is 16.5 Å². The number of benzene rings is 3. The molecule has 0 saturated carbocycles. The lowest BCUT2D eigenvalue weighted by molar-refractivity contribution is -0.117. The predicted molar refractivity (Wildman–Crippen MR) is 132 cm³/mol. The van der Waals surface area contributed by atoms with E-state index in [1.165, 1.54) is 12.1 Å². The lowest BCUT2D eigenvalue weighted by Crippen LogP contribution is -2.24. The number of carbonyl (C=O) groups excluding carboxylic acids is 2. The number of amides is 2. The number of H-pyrrole nitrogens is 1. The summed E-state index contributed by atoms with van der Waals surface area (Å²) in [6.45, 7) is 0.185. The van der Waals surface area contributed by atoms with Gasteiger partial charge in [-0.1, -0.05) is 41.4 Å². The second-order valence-corrected chi connectivity index (χ2v) is 8.40. The number of carbonyl (C=O) groups is 2. The Bertz CT molecular complexity index is 1370. The standard InChI is InChI=1S/C24H20Cl2FN5O2/c25-14-4-1-3-13(11-14)23(33)30-22-18-12-15(7-8-20(18)31-32-22)29-24(34)17(9-10-28)16-5-2-6-19(26)21(16)27/h1-8,11-12,17H,9-10,28H2,(H,29,34)(H2,30,31,32,33)/t17-/m1/s1. The van der Waals surface area contributed by atoms with Crippen molar-refractivity contribution >= 4 is 57.4 Å². The number of nitrogens with zero attached hydrogens (tertiary/aromatic N) is 1. The van der Waals surface area contributed by atoms with Gasteiger partial charge in [0, 0.05) is 27.2 Å². The van der Waals surface area contributed by atoms with Crippen molar-refractivity contribution in [2.75, 3.05) is 17.2 Å². The maximum Gasteiger partial charge on any atom is 0.256 e. The van der Waals surface area contributed by atoms with Crippen molar-refractivity contribution < 1.29 is 14.0 Å². The third-order valence-corrected chi connectivity index (χ3v) is 5.80. The molecule has 2 amide bonds. The Hall–Kier alpha value is -3.46. The van der Waals surface area contributed by atoms with Crippen molar-refractivity contribution in [3.05, 3.63) is 87.7 Å². The van der Waals surface area contributed by atoms with Crippen LogP contribution in [0.5, 0.6) is 0 Å². The van der Waals surface area contributed by atoms with Gasteiger partial charge in [-0.25, -0.2) is 4.39 Å². The van der Waals surface area contributed by atoms with Crippen molar-refractivity contribution in [3.8, 4) is 0 Å². The SMILES string of the molecule is NCC[C@@H](C(=O)Nc1ccc2[nH]nc(NC(=O)c3cccc(Cl)c3)c2c1)c1cccc(Cl)c1F. The summed E-state index contributed by atoms with van der Waals surface area (Å²) in [4.78, 5) is 25.6. The molecule has 0 bridgehead atoms. The minimum atomic E-state index is -0.828. The highest BCUT2D eigenvalue weighted by Crippen LogP contribution is 2.30. The first-order chi connectivity index (χ1) is 16.4. The van der Waals surface area contributed by atoms with Crippen molar-refractivity contribution in [2.45, 2.75) is 12.3 Å². The summed E-state index contributed by atoms with van der Waals surface area (Å²) < 4.78 is 14.6. The number of nitrogens with two attached hydrogens (primary N) is 1. The van der Waals surface area contributed by atoms with Crippen molar-refractivity contribution in [2.24, 2.45) is 5.73 Å². The minimum Gasteiger partial charge on any atom is -0.330 e. The normalized spacial score (nSPS) is 11.9. The molecule has 3 aromatic carbocycles. The summed E-state index contributed by atoms with van der Waals surface area (Å²) in [5.41, 5.74) is 7.32. The van der Waals surface area contributed by atoms with E-state index in [0.29, 0.717) is 27.2 Å². The zero-order valence-electron chi connectivity index (χ0n) is 17.7. The smallest absolute Gasteiger partial charge is 0.256 e. The van der Waals surface area contributed by atoms with Gasteiger partial charge in [0.15, 0.2) is 5.82 Å². The molecule has 4 aromatic rings. The number of anilines is 2. The molecule has 34 heavy (non-hydrogen) atoms. The first-order valence-electron chi connectivity index (χ1n) is 10.4. The Morgan fingerprint density at radius 1 is 1.06 bits per heavy atom. The highest BCUT2D eigenvalue weighted by Gasteiger charge is 2.24. The van der Waals surface area contributed by atoms with Crippen molar-refractivity contribution in [3.63, 3.8) is 0 Å². The average Bonchev–Trinajstić information content (AvgIpc) is 3.21. The van der Waals surface area contributed by atoms with E-state index < -0.39 is 17.6 Å². The number of rotatable bonds is 7. The molecule has 174 valence electrons. The summed E-state index contributed by atoms with van der Waals surface area (Å²) in [5.74, 6) is -2.00. The molecule has 0 aliphatic heterocycles. The van der Waals surface area contributed by atoms with Crippen LogP contribution in [0, 0.1) is 5.82 Å². The maximum absolute atomic E-state index is 14.6. The maximum atomic E-state index is 14.6. The molecule has 0 aliphatic carbocycles. The van der Waals surface area contributed by atoms with Crippen LogP contribution in [0.25, 0.3) is 10.9 Å². The number of hydrogen-bond acceptors (Lipinski definition) is 4. The Morgan fingerprint density at radius 3 is 2.62 bits per heavy atom. The quantitative estimate of drug-likeness (QED) is 0.275. The highest BCUT2D eigenvalue weighted by molar-refractivity contribution is 6.31. The van der Waals surface area contributed by atoms with Gasteiger partial charge < -0.3 is 16.4 Å². The molecule has 7 nitrogen and oxygen atoms in total. The van der Waals surface area contributed by atoms with Crippen LogP contribution in [0.4, 0.5) is 15.9 Å². The third kappa shape index (κ3) is 5.04. The number of hydrogen-bond donors (Lipinski definition) is 4. The van der Waals surface area contributed by atoms with Crippen LogP contribution in [0.1, 0.15) is 28.3 Å². The molecule has 0 spiro atoms. The third-order valence-electron chi connectivity index (χ3n) is 5.28. The summed E-state index contributed by atoms with van der Waals surface area (Å²) >= 11 is 11.9. The first-order valence-corrected chi connectivity index (χ1v) is 11.1. The van der Waals surface area contributed by atoms with E-state index in [-0.39, 0.29) is 35.3 Å². The Balaban J connectivity index is 1.58. The van der Waals surface area contributed by atoms with Gasteiger partial charge in [-0.05, 0) is 55.4 Å².